The highest BCUT2D eigenvalue weighted by Gasteiger charge is 2.18. The first-order valence-corrected chi connectivity index (χ1v) is 6.25. The zero-order valence-electron chi connectivity index (χ0n) is 11.0. The molecule has 0 aliphatic rings. The number of hydrogen-bond donors (Lipinski definition) is 1. The van der Waals surface area contributed by atoms with Crippen molar-refractivity contribution in [2.24, 2.45) is 0 Å². The third-order valence-corrected chi connectivity index (χ3v) is 3.06. The molecule has 2 rings (SSSR count). The summed E-state index contributed by atoms with van der Waals surface area (Å²) in [6.45, 7) is 2.62. The summed E-state index contributed by atoms with van der Waals surface area (Å²) < 4.78 is 6.96. The van der Waals surface area contributed by atoms with E-state index in [0.717, 1.165) is 18.4 Å². The molecule has 0 bridgehead atoms. The van der Waals surface area contributed by atoms with Crippen LogP contribution in [0.15, 0.2) is 18.2 Å². The van der Waals surface area contributed by atoms with Gasteiger partial charge in [-0.1, -0.05) is 24.6 Å². The molecule has 0 aliphatic heterocycles. The maximum Gasteiger partial charge on any atom is 0.338 e. The van der Waals surface area contributed by atoms with Crippen molar-refractivity contribution in [1.29, 1.82) is 0 Å². The normalized spacial score (nSPS) is 12.7. The van der Waals surface area contributed by atoms with Gasteiger partial charge in [-0.15, -0.1) is 5.10 Å². The van der Waals surface area contributed by atoms with E-state index in [2.05, 4.69) is 17.2 Å². The van der Waals surface area contributed by atoms with Crippen LogP contribution in [0.3, 0.4) is 0 Å². The van der Waals surface area contributed by atoms with Gasteiger partial charge in [0.1, 0.15) is 5.52 Å². The largest absolute Gasteiger partial charge is 0.478 e. The molecule has 1 heterocycles. The maximum absolute atomic E-state index is 11.1. The minimum absolute atomic E-state index is 0.0732. The lowest BCUT2D eigenvalue weighted by molar-refractivity contribution is 0.0699. The Kier molecular flexibility index (Phi) is 4.11. The third-order valence-electron chi connectivity index (χ3n) is 3.06. The summed E-state index contributed by atoms with van der Waals surface area (Å²) in [7, 11) is 1.64. The fourth-order valence-corrected chi connectivity index (χ4v) is 2.21. The van der Waals surface area contributed by atoms with Gasteiger partial charge in [0, 0.05) is 7.11 Å². The highest BCUT2D eigenvalue weighted by molar-refractivity contribution is 6.00. The number of aromatic carboxylic acids is 1. The van der Waals surface area contributed by atoms with Crippen LogP contribution < -0.4 is 0 Å². The second kappa shape index (κ2) is 5.79. The molecule has 6 nitrogen and oxygen atoms in total. The number of ether oxygens (including phenoxy) is 1. The van der Waals surface area contributed by atoms with Gasteiger partial charge in [-0.05, 0) is 18.6 Å². The molecule has 1 unspecified atom stereocenters. The molecule has 0 fully saturated rings. The van der Waals surface area contributed by atoms with E-state index in [1.54, 1.807) is 17.9 Å². The summed E-state index contributed by atoms with van der Waals surface area (Å²) >= 11 is 0. The Hall–Kier alpha value is -1.95. The SMILES string of the molecule is CCCC(COC)n1nnc2c(C(=O)O)cccc21. The van der Waals surface area contributed by atoms with Crippen molar-refractivity contribution in [3.8, 4) is 0 Å². The van der Waals surface area contributed by atoms with Crippen molar-refractivity contribution >= 4 is 17.0 Å². The highest BCUT2D eigenvalue weighted by atomic mass is 16.5. The van der Waals surface area contributed by atoms with Crippen LogP contribution in [0.1, 0.15) is 36.2 Å². The summed E-state index contributed by atoms with van der Waals surface area (Å²) in [5, 5.41) is 17.2. The first kappa shape index (κ1) is 13.5. The second-order valence-corrected chi connectivity index (χ2v) is 4.41. The third kappa shape index (κ3) is 2.58. The minimum atomic E-state index is -0.989. The van der Waals surface area contributed by atoms with E-state index < -0.39 is 5.97 Å². The first-order chi connectivity index (χ1) is 9.19. The molecule has 2 aromatic rings. The van der Waals surface area contributed by atoms with Gasteiger partial charge in [0.2, 0.25) is 0 Å². The highest BCUT2D eigenvalue weighted by Crippen LogP contribution is 2.22. The molecule has 6 heteroatoms. The molecule has 0 saturated carbocycles. The van der Waals surface area contributed by atoms with Crippen LogP contribution >= 0.6 is 0 Å². The van der Waals surface area contributed by atoms with Crippen LogP contribution in [0.4, 0.5) is 0 Å². The molecule has 1 aromatic carbocycles. The van der Waals surface area contributed by atoms with Gasteiger partial charge < -0.3 is 9.84 Å². The monoisotopic (exact) mass is 263 g/mol. The molecule has 0 spiro atoms. The fourth-order valence-electron chi connectivity index (χ4n) is 2.21. The van der Waals surface area contributed by atoms with Crippen molar-refractivity contribution in [3.63, 3.8) is 0 Å². The summed E-state index contributed by atoms with van der Waals surface area (Å²) in [6.07, 6.45) is 1.90. The quantitative estimate of drug-likeness (QED) is 0.863. The van der Waals surface area contributed by atoms with Crippen molar-refractivity contribution in [1.82, 2.24) is 15.0 Å². The number of rotatable bonds is 6. The number of nitrogens with zero attached hydrogens (tertiary/aromatic N) is 3. The molecule has 0 amide bonds. The standard InChI is InChI=1S/C13H17N3O3/c1-3-5-9(8-19-2)16-11-7-4-6-10(13(17)18)12(11)14-15-16/h4,6-7,9H,3,5,8H2,1-2H3,(H,17,18). The summed E-state index contributed by atoms with van der Waals surface area (Å²) in [5.41, 5.74) is 1.33. The van der Waals surface area contributed by atoms with E-state index in [1.807, 2.05) is 6.07 Å². The molecule has 102 valence electrons. The summed E-state index contributed by atoms with van der Waals surface area (Å²) in [6, 6.07) is 5.15. The van der Waals surface area contributed by atoms with Gasteiger partial charge >= 0.3 is 5.97 Å². The Morgan fingerprint density at radius 3 is 2.95 bits per heavy atom. The molecule has 1 N–H and O–H groups in total. The fraction of sp³-hybridized carbons (Fsp3) is 0.462. The summed E-state index contributed by atoms with van der Waals surface area (Å²) in [4.78, 5) is 11.1. The average molecular weight is 263 g/mol. The lowest BCUT2D eigenvalue weighted by Gasteiger charge is -2.15. The van der Waals surface area contributed by atoms with E-state index in [0.29, 0.717) is 12.1 Å². The number of carboxylic acids is 1. The number of methoxy groups -OCH3 is 1. The van der Waals surface area contributed by atoms with Gasteiger partial charge in [-0.2, -0.15) is 0 Å². The van der Waals surface area contributed by atoms with Gasteiger partial charge in [0.25, 0.3) is 0 Å². The maximum atomic E-state index is 11.1. The number of aromatic nitrogens is 3. The van der Waals surface area contributed by atoms with Crippen LogP contribution in [0.5, 0.6) is 0 Å². The van der Waals surface area contributed by atoms with E-state index in [4.69, 9.17) is 9.84 Å². The Bertz CT molecular complexity index is 574. The Balaban J connectivity index is 2.49. The van der Waals surface area contributed by atoms with Gasteiger partial charge in [0.15, 0.2) is 0 Å². The number of carboxylic acid groups (broad SMARTS) is 1. The lowest BCUT2D eigenvalue weighted by Crippen LogP contribution is -2.16. The van der Waals surface area contributed by atoms with E-state index >= 15 is 0 Å². The molecule has 0 aliphatic carbocycles. The zero-order valence-corrected chi connectivity index (χ0v) is 11.0. The second-order valence-electron chi connectivity index (χ2n) is 4.41. The molecule has 19 heavy (non-hydrogen) atoms. The van der Waals surface area contributed by atoms with Crippen LogP contribution in [0.2, 0.25) is 0 Å². The minimum Gasteiger partial charge on any atom is -0.478 e. The smallest absolute Gasteiger partial charge is 0.338 e. The Morgan fingerprint density at radius 1 is 1.53 bits per heavy atom. The number of fused-ring (bicyclic) bond motifs is 1. The Morgan fingerprint density at radius 2 is 2.32 bits per heavy atom. The molecule has 0 radical (unpaired) electrons. The van der Waals surface area contributed by atoms with E-state index in [-0.39, 0.29) is 11.6 Å². The lowest BCUT2D eigenvalue weighted by atomic mass is 10.1. The molecular formula is C13H17N3O3. The molecule has 1 atom stereocenters. The average Bonchev–Trinajstić information content (AvgIpc) is 2.81. The Labute approximate surface area is 111 Å². The van der Waals surface area contributed by atoms with Gasteiger partial charge in [-0.25, -0.2) is 9.48 Å². The van der Waals surface area contributed by atoms with Crippen molar-refractivity contribution < 1.29 is 14.6 Å². The number of hydrogen-bond acceptors (Lipinski definition) is 4. The van der Waals surface area contributed by atoms with E-state index in [9.17, 15) is 4.79 Å². The van der Waals surface area contributed by atoms with Crippen LogP contribution in [-0.2, 0) is 4.74 Å². The predicted octanol–water partition coefficient (Wildman–Crippen LogP) is 2.12. The predicted molar refractivity (Wildman–Crippen MR) is 70.3 cm³/mol. The summed E-state index contributed by atoms with van der Waals surface area (Å²) in [5.74, 6) is -0.989. The molecule has 1 aromatic heterocycles. The number of carbonyl (C=O) groups is 1. The van der Waals surface area contributed by atoms with Gasteiger partial charge in [0.05, 0.1) is 23.7 Å². The number of benzene rings is 1. The zero-order chi connectivity index (χ0) is 13.8. The first-order valence-electron chi connectivity index (χ1n) is 6.25. The van der Waals surface area contributed by atoms with Crippen LogP contribution in [0.25, 0.3) is 11.0 Å². The van der Waals surface area contributed by atoms with Gasteiger partial charge in [-0.3, -0.25) is 0 Å². The molecule has 0 saturated heterocycles. The van der Waals surface area contributed by atoms with E-state index in [1.165, 1.54) is 6.07 Å². The van der Waals surface area contributed by atoms with Crippen molar-refractivity contribution in [2.75, 3.05) is 13.7 Å². The topological polar surface area (TPSA) is 77.2 Å². The van der Waals surface area contributed by atoms with Crippen molar-refractivity contribution in [2.45, 2.75) is 25.8 Å². The van der Waals surface area contributed by atoms with Crippen molar-refractivity contribution in [3.05, 3.63) is 23.8 Å². The molecular weight excluding hydrogens is 246 g/mol. The van der Waals surface area contributed by atoms with Crippen LogP contribution in [-0.4, -0.2) is 39.8 Å². The van der Waals surface area contributed by atoms with Crippen LogP contribution in [0, 0.1) is 0 Å².